The molecule has 4 rings (SSSR count). The van der Waals surface area contributed by atoms with Crippen LogP contribution in [0.3, 0.4) is 0 Å². The fraction of sp³-hybridized carbons (Fsp3) is 0. The average Bonchev–Trinajstić information content (AvgIpc) is 3.05. The summed E-state index contributed by atoms with van der Waals surface area (Å²) in [6, 6.07) is 20.5. The molecule has 2 aromatic carbocycles. The highest BCUT2D eigenvalue weighted by Gasteiger charge is 2.11. The largest absolute Gasteiger partial charge is 0.344 e. The van der Waals surface area contributed by atoms with Gasteiger partial charge in [0.25, 0.3) is 0 Å². The lowest BCUT2D eigenvalue weighted by molar-refractivity contribution is 1.31. The Balaban J connectivity index is 1.88. The van der Waals surface area contributed by atoms with Crippen molar-refractivity contribution < 1.29 is 0 Å². The molecule has 3 heteroatoms. The number of nitrogens with zero attached hydrogens (tertiary/aromatic N) is 2. The number of para-hydroxylation sites is 1. The minimum Gasteiger partial charge on any atom is -0.344 e. The Morgan fingerprint density at radius 3 is 2.48 bits per heavy atom. The normalized spacial score (nSPS) is 10.9. The number of fused-ring (bicyclic) bond motifs is 1. The van der Waals surface area contributed by atoms with Gasteiger partial charge in [0.05, 0.1) is 23.2 Å². The van der Waals surface area contributed by atoms with E-state index in [1.54, 1.807) is 6.33 Å². The molecule has 0 saturated carbocycles. The van der Waals surface area contributed by atoms with E-state index in [0.29, 0.717) is 0 Å². The quantitative estimate of drug-likeness (QED) is 0.591. The van der Waals surface area contributed by atoms with Gasteiger partial charge in [0.2, 0.25) is 0 Å². The predicted octanol–water partition coefficient (Wildman–Crippen LogP) is 4.29. The SMILES string of the molecule is c1ccc(-c2[nH]cnc2-c2cnc3ccccc3c2)cc1. The summed E-state index contributed by atoms with van der Waals surface area (Å²) in [7, 11) is 0. The van der Waals surface area contributed by atoms with Gasteiger partial charge in [-0.2, -0.15) is 0 Å². The summed E-state index contributed by atoms with van der Waals surface area (Å²) in [5, 5.41) is 1.12. The van der Waals surface area contributed by atoms with Crippen molar-refractivity contribution >= 4 is 10.9 Å². The molecule has 1 N–H and O–H groups in total. The lowest BCUT2D eigenvalue weighted by Gasteiger charge is -2.04. The molecule has 2 aromatic heterocycles. The zero-order chi connectivity index (χ0) is 14.1. The topological polar surface area (TPSA) is 41.6 Å². The van der Waals surface area contributed by atoms with Gasteiger partial charge in [-0.25, -0.2) is 4.98 Å². The van der Waals surface area contributed by atoms with Crippen LogP contribution in [0.25, 0.3) is 33.4 Å². The van der Waals surface area contributed by atoms with Gasteiger partial charge in [-0.3, -0.25) is 4.98 Å². The van der Waals surface area contributed by atoms with E-state index >= 15 is 0 Å². The van der Waals surface area contributed by atoms with E-state index in [1.165, 1.54) is 0 Å². The van der Waals surface area contributed by atoms with Crippen LogP contribution in [0, 0.1) is 0 Å². The Bertz CT molecular complexity index is 894. The van der Waals surface area contributed by atoms with E-state index in [0.717, 1.165) is 33.4 Å². The minimum atomic E-state index is 0.930. The van der Waals surface area contributed by atoms with Gasteiger partial charge < -0.3 is 4.98 Å². The highest BCUT2D eigenvalue weighted by Crippen LogP contribution is 2.29. The van der Waals surface area contributed by atoms with Gasteiger partial charge >= 0.3 is 0 Å². The summed E-state index contributed by atoms with van der Waals surface area (Å²) in [4.78, 5) is 12.2. The lowest BCUT2D eigenvalue weighted by Crippen LogP contribution is -1.86. The van der Waals surface area contributed by atoms with Gasteiger partial charge in [0.1, 0.15) is 0 Å². The van der Waals surface area contributed by atoms with Crippen molar-refractivity contribution in [2.45, 2.75) is 0 Å². The molecule has 0 aliphatic carbocycles. The number of aromatic amines is 1. The predicted molar refractivity (Wildman–Crippen MR) is 84.8 cm³/mol. The number of pyridine rings is 1. The standard InChI is InChI=1S/C18H13N3/c1-2-6-13(7-3-1)17-18(21-12-20-17)15-10-14-8-4-5-9-16(14)19-11-15/h1-12H,(H,20,21). The van der Waals surface area contributed by atoms with Crippen LogP contribution in [0.5, 0.6) is 0 Å². The molecule has 0 atom stereocenters. The second kappa shape index (κ2) is 4.87. The summed E-state index contributed by atoms with van der Waals surface area (Å²) in [5.74, 6) is 0. The molecular weight excluding hydrogens is 258 g/mol. The molecule has 0 bridgehead atoms. The monoisotopic (exact) mass is 271 g/mol. The second-order valence-electron chi connectivity index (χ2n) is 4.91. The Labute approximate surface area is 122 Å². The first-order valence-corrected chi connectivity index (χ1v) is 6.86. The molecule has 0 fully saturated rings. The molecule has 0 aliphatic heterocycles. The van der Waals surface area contributed by atoms with Crippen LogP contribution < -0.4 is 0 Å². The summed E-state index contributed by atoms with van der Waals surface area (Å²) in [6.45, 7) is 0. The molecule has 0 radical (unpaired) electrons. The van der Waals surface area contributed by atoms with Crippen LogP contribution in [-0.4, -0.2) is 15.0 Å². The number of nitrogens with one attached hydrogen (secondary N) is 1. The zero-order valence-corrected chi connectivity index (χ0v) is 11.3. The molecule has 0 saturated heterocycles. The van der Waals surface area contributed by atoms with Crippen molar-refractivity contribution in [2.75, 3.05) is 0 Å². The fourth-order valence-corrected chi connectivity index (χ4v) is 2.54. The Morgan fingerprint density at radius 2 is 1.57 bits per heavy atom. The first-order chi connectivity index (χ1) is 10.4. The Kier molecular flexibility index (Phi) is 2.75. The van der Waals surface area contributed by atoms with E-state index in [2.05, 4.69) is 39.2 Å². The molecule has 2 heterocycles. The van der Waals surface area contributed by atoms with E-state index in [4.69, 9.17) is 0 Å². The summed E-state index contributed by atoms with van der Waals surface area (Å²) < 4.78 is 0. The summed E-state index contributed by atoms with van der Waals surface area (Å²) in [5.41, 5.74) is 5.09. The number of rotatable bonds is 2. The minimum absolute atomic E-state index is 0.930. The van der Waals surface area contributed by atoms with Gasteiger partial charge in [-0.15, -0.1) is 0 Å². The lowest BCUT2D eigenvalue weighted by atomic mass is 10.0. The zero-order valence-electron chi connectivity index (χ0n) is 11.3. The van der Waals surface area contributed by atoms with Crippen molar-refractivity contribution in [1.82, 2.24) is 15.0 Å². The molecule has 100 valence electrons. The molecule has 0 amide bonds. The van der Waals surface area contributed by atoms with Crippen LogP contribution >= 0.6 is 0 Å². The number of H-pyrrole nitrogens is 1. The van der Waals surface area contributed by atoms with Crippen molar-refractivity contribution in [3.05, 3.63) is 73.2 Å². The van der Waals surface area contributed by atoms with Crippen molar-refractivity contribution in [3.8, 4) is 22.5 Å². The van der Waals surface area contributed by atoms with Crippen LogP contribution in [0.2, 0.25) is 0 Å². The molecular formula is C18H13N3. The first-order valence-electron chi connectivity index (χ1n) is 6.86. The van der Waals surface area contributed by atoms with E-state index < -0.39 is 0 Å². The number of hydrogen-bond donors (Lipinski definition) is 1. The summed E-state index contributed by atoms with van der Waals surface area (Å²) in [6.07, 6.45) is 3.61. The summed E-state index contributed by atoms with van der Waals surface area (Å²) >= 11 is 0. The fourth-order valence-electron chi connectivity index (χ4n) is 2.54. The molecule has 3 nitrogen and oxygen atoms in total. The van der Waals surface area contributed by atoms with E-state index in [9.17, 15) is 0 Å². The van der Waals surface area contributed by atoms with Crippen LogP contribution in [-0.2, 0) is 0 Å². The number of hydrogen-bond acceptors (Lipinski definition) is 2. The van der Waals surface area contributed by atoms with Crippen LogP contribution in [0.15, 0.2) is 73.2 Å². The second-order valence-corrected chi connectivity index (χ2v) is 4.91. The van der Waals surface area contributed by atoms with Crippen molar-refractivity contribution in [3.63, 3.8) is 0 Å². The van der Waals surface area contributed by atoms with Gasteiger partial charge in [-0.1, -0.05) is 48.5 Å². The van der Waals surface area contributed by atoms with E-state index in [-0.39, 0.29) is 0 Å². The number of benzene rings is 2. The average molecular weight is 271 g/mol. The maximum absolute atomic E-state index is 4.52. The first kappa shape index (κ1) is 11.9. The Hall–Kier alpha value is -2.94. The molecule has 4 aromatic rings. The number of aromatic nitrogens is 3. The molecule has 0 unspecified atom stereocenters. The smallest absolute Gasteiger partial charge is 0.0976 e. The van der Waals surface area contributed by atoms with Gasteiger partial charge in [0.15, 0.2) is 0 Å². The third-order valence-corrected chi connectivity index (χ3v) is 3.57. The van der Waals surface area contributed by atoms with Crippen molar-refractivity contribution in [1.29, 1.82) is 0 Å². The maximum atomic E-state index is 4.52. The van der Waals surface area contributed by atoms with Crippen LogP contribution in [0.1, 0.15) is 0 Å². The molecule has 0 spiro atoms. The third kappa shape index (κ3) is 2.09. The number of imidazole rings is 1. The van der Waals surface area contributed by atoms with Crippen molar-refractivity contribution in [2.24, 2.45) is 0 Å². The van der Waals surface area contributed by atoms with E-state index in [1.807, 2.05) is 42.6 Å². The molecule has 21 heavy (non-hydrogen) atoms. The van der Waals surface area contributed by atoms with Gasteiger partial charge in [-0.05, 0) is 12.1 Å². The van der Waals surface area contributed by atoms with Crippen LogP contribution in [0.4, 0.5) is 0 Å². The van der Waals surface area contributed by atoms with Gasteiger partial charge in [0, 0.05) is 22.7 Å². The highest BCUT2D eigenvalue weighted by atomic mass is 14.9. The third-order valence-electron chi connectivity index (χ3n) is 3.57. The highest BCUT2D eigenvalue weighted by molar-refractivity contribution is 5.86. The Morgan fingerprint density at radius 1 is 0.762 bits per heavy atom. The molecule has 0 aliphatic rings. The maximum Gasteiger partial charge on any atom is 0.0976 e.